The summed E-state index contributed by atoms with van der Waals surface area (Å²) < 4.78 is 54.9. The molecular weight excluding hydrogens is 1690 g/mol. The minimum Gasteiger partial charge on any atom is -0.459 e. The number of hydrogen-bond acceptors (Lipinski definition) is 32. The Morgan fingerprint density at radius 1 is 0.733 bits per heavy atom. The van der Waals surface area contributed by atoms with Gasteiger partial charge in [-0.25, -0.2) is 49.2 Å². The second-order valence-corrected chi connectivity index (χ2v) is 35.2. The van der Waals surface area contributed by atoms with E-state index in [0.717, 1.165) is 51.2 Å². The van der Waals surface area contributed by atoms with Crippen molar-refractivity contribution in [3.8, 4) is 11.3 Å². The lowest BCUT2D eigenvalue weighted by atomic mass is 9.80. The van der Waals surface area contributed by atoms with Gasteiger partial charge in [0.05, 0.1) is 94.4 Å². The van der Waals surface area contributed by atoms with E-state index >= 15 is 0 Å². The van der Waals surface area contributed by atoms with Crippen LogP contribution in [0.2, 0.25) is 0 Å². The van der Waals surface area contributed by atoms with Crippen LogP contribution in [0.3, 0.4) is 0 Å². The highest BCUT2D eigenvalue weighted by atomic mass is 16.6. The quantitative estimate of drug-likeness (QED) is 0.0105. The molecule has 0 radical (unpaired) electrons. The summed E-state index contributed by atoms with van der Waals surface area (Å²) in [6.45, 7) is 17.1. The first-order valence-electron chi connectivity index (χ1n) is 46.0. The molecule has 2 bridgehead atoms. The number of piperidine rings is 1. The van der Waals surface area contributed by atoms with Gasteiger partial charge in [0.1, 0.15) is 59.7 Å². The predicted octanol–water partition coefficient (Wildman–Crippen LogP) is 6.38. The Bertz CT molecular complexity index is 4980. The molecule has 6 aromatic heterocycles. The third kappa shape index (κ3) is 26.7. The van der Waals surface area contributed by atoms with Crippen LogP contribution in [0.15, 0.2) is 97.0 Å². The number of hydrogen-bond donors (Lipinski definition) is 8. The average Bonchev–Trinajstić information content (AvgIpc) is 0.995. The number of rotatable bonds is 30. The zero-order chi connectivity index (χ0) is 93.3. The van der Waals surface area contributed by atoms with Crippen LogP contribution in [0.4, 0.5) is 22.5 Å². The van der Waals surface area contributed by atoms with Gasteiger partial charge in [-0.2, -0.15) is 5.10 Å². The highest BCUT2D eigenvalue weighted by molar-refractivity contribution is 6.39. The number of methoxy groups -OCH3 is 2. The number of fused-ring (bicyclic) bond motifs is 6. The number of unbranched alkanes of at least 4 members (excludes halogenated alkanes) is 1. The summed E-state index contributed by atoms with van der Waals surface area (Å²) in [4.78, 5) is 153. The van der Waals surface area contributed by atoms with E-state index < -0.39 is 120 Å². The minimum atomic E-state index is -2.52. The van der Waals surface area contributed by atoms with Crippen LogP contribution in [0.5, 0.6) is 0 Å². The van der Waals surface area contributed by atoms with Gasteiger partial charge in [-0.05, 0) is 126 Å². The SMILES string of the molecule is CO[C@H]1C[C@@H]2CC[C@@H](C)[C@@](O)(O2)C(=O)C(=O)N2CCCC[C@H]2C(=O)O[C@H]([C@H](N)C[C@@H]2CC[C@@H](OC(=O)N3CCc4nc(N5CCN(c6ncc(C(=O)NCCOCCOCCOCCOCCC(=O)NCCCCn7nc(-c8cnc9[nH]ccc9c8)c8c(N)ncnc87)cn6)CC5)ncc4C3)[C@H](OC)C2)CC(=O)[C@H](C)/C=C(\C)[C@@H](O)[C@@H](O)C(=O)[C@H](C)C[C@H](C)/C=C/C=C/C=C/1C. The zero-order valence-corrected chi connectivity index (χ0v) is 76.5. The maximum atomic E-state index is 14.8. The number of amides is 4. The molecule has 4 amide bonds. The number of ketones is 3. The van der Waals surface area contributed by atoms with Gasteiger partial charge in [0, 0.05) is 170 Å². The van der Waals surface area contributed by atoms with Gasteiger partial charge in [0.15, 0.2) is 11.4 Å². The van der Waals surface area contributed by atoms with Crippen LogP contribution < -0.4 is 31.9 Å². The number of nitrogens with zero attached hydrogens (tertiary/aromatic N) is 13. The number of carbonyl (C=O) groups is 8. The largest absolute Gasteiger partial charge is 0.459 e. The van der Waals surface area contributed by atoms with Crippen molar-refractivity contribution in [3.05, 3.63) is 114 Å². The fraction of sp³-hybridized carbons (Fsp3) is 0.613. The number of nitrogens with one attached hydrogen (secondary N) is 3. The van der Waals surface area contributed by atoms with Crippen LogP contribution in [-0.2, 0) is 90.9 Å². The van der Waals surface area contributed by atoms with Gasteiger partial charge >= 0.3 is 12.1 Å². The Hall–Kier alpha value is -10.5. The lowest BCUT2D eigenvalue weighted by Gasteiger charge is -2.42. The summed E-state index contributed by atoms with van der Waals surface area (Å²) in [6, 6.07) is 1.68. The van der Waals surface area contributed by atoms with Gasteiger partial charge in [-0.1, -0.05) is 64.2 Å². The number of anilines is 3. The summed E-state index contributed by atoms with van der Waals surface area (Å²) in [5.74, 6) is -8.39. The van der Waals surface area contributed by atoms with Gasteiger partial charge in [-0.15, -0.1) is 0 Å². The third-order valence-corrected chi connectivity index (χ3v) is 25.6. The number of ether oxygens (including phenoxy) is 9. The van der Waals surface area contributed by atoms with Crippen molar-refractivity contribution in [3.63, 3.8) is 0 Å². The van der Waals surface area contributed by atoms with Crippen molar-refractivity contribution >= 4 is 86.9 Å². The van der Waals surface area contributed by atoms with Crippen LogP contribution in [0, 0.1) is 29.6 Å². The average molecular weight is 1820 g/mol. The molecule has 12 rings (SSSR count). The minimum absolute atomic E-state index is 0.00712. The molecule has 38 heteroatoms. The predicted molar refractivity (Wildman–Crippen MR) is 483 cm³/mol. The number of pyridine rings is 1. The number of aliphatic hydroxyl groups is 3. The van der Waals surface area contributed by atoms with Crippen molar-refractivity contribution in [2.75, 3.05) is 135 Å². The molecule has 3 saturated heterocycles. The molecule has 1 aliphatic carbocycles. The number of Topliss-reactive ketones (excluding diaryl/α,β-unsaturated/α-hetero) is 3. The van der Waals surface area contributed by atoms with Crippen LogP contribution in [0.25, 0.3) is 33.3 Å². The van der Waals surface area contributed by atoms with E-state index in [1.54, 1.807) is 45.2 Å². The van der Waals surface area contributed by atoms with Crippen LogP contribution in [0.1, 0.15) is 159 Å². The summed E-state index contributed by atoms with van der Waals surface area (Å²) in [6.07, 6.45) is 18.7. The molecule has 131 heavy (non-hydrogen) atoms. The lowest BCUT2D eigenvalue weighted by Crippen LogP contribution is -2.61. The summed E-state index contributed by atoms with van der Waals surface area (Å²) in [7, 11) is 3.09. The Labute approximate surface area is 763 Å². The van der Waals surface area contributed by atoms with Gasteiger partial charge < -0.3 is 105 Å². The topological polar surface area (TPSA) is 493 Å². The first-order valence-corrected chi connectivity index (χ1v) is 46.0. The standard InChI is InChI=1S/C93H130N18O20/c1-57-16-10-9-11-17-58(2)74(123-7)49-68-21-19-62(6)93(122,131-68)83(117)88(119)110-29-14-12-18-71(110)89(120)129-75(50-72(112)59(3)45-61(5)81(115)82(116)80(114)60(4)44-57)69(94)46-63-20-22-73(76(47-63)124-8)130-92(121)109-31-24-70-67(55-109)54-102-91(105-70)108-34-32-107(33-35-108)90-100-52-66(53-101-90)87(118)98-28-37-126-39-41-128-43-42-127-40-38-125-36-25-77(113)96-26-13-15-30-111-86-78(84(95)103-56-104-86)79(106-111)65-48-64-23-27-97-85(64)99-51-65/h9-11,16-17,23,27,45,48,51-54,56-57,59-60,62-63,68-69,71,73-76,81-82,115-116,122H,12-15,18-22,24-26,28-44,46-47,49-50,55,94H2,1-8H3,(H,96,113)(H,97,99)(H,98,118)(H2,95,103,104)/b11-9+,16-10+,58-17+,61-45+/t57-,59-,60-,62-,63+,68+,69-,71+,73-,74+,75+,76-,81-,82+,93-/m1/s1. The van der Waals surface area contributed by atoms with E-state index in [1.807, 2.05) is 72.1 Å². The molecule has 6 aliphatic rings. The molecular formula is C93H130N18O20. The number of cyclic esters (lactones) is 1. The number of esters is 1. The van der Waals surface area contributed by atoms with Crippen molar-refractivity contribution in [1.82, 2.24) is 70.1 Å². The number of aryl methyl sites for hydroxylation is 1. The summed E-state index contributed by atoms with van der Waals surface area (Å²) in [5, 5.41) is 47.0. The van der Waals surface area contributed by atoms with Crippen LogP contribution in [-0.4, -0.2) is 302 Å². The van der Waals surface area contributed by atoms with Crippen molar-refractivity contribution in [2.45, 2.75) is 218 Å². The maximum Gasteiger partial charge on any atom is 0.410 e. The third-order valence-electron chi connectivity index (χ3n) is 25.6. The number of allylic oxidation sites excluding steroid dienone is 6. The number of nitrogens with two attached hydrogens (primary N) is 2. The first-order chi connectivity index (χ1) is 63.2. The number of H-pyrrole nitrogens is 1. The van der Waals surface area contributed by atoms with Crippen molar-refractivity contribution in [2.24, 2.45) is 35.3 Å². The molecule has 1 saturated carbocycles. The van der Waals surface area contributed by atoms with E-state index in [1.165, 1.54) is 38.8 Å². The van der Waals surface area contributed by atoms with Crippen LogP contribution >= 0.6 is 0 Å². The number of carbonyl (C=O) groups excluding carboxylic acids is 8. The van der Waals surface area contributed by atoms with Crippen molar-refractivity contribution < 1.29 is 96.3 Å². The second-order valence-electron chi connectivity index (χ2n) is 35.2. The molecule has 11 heterocycles. The number of nitrogen functional groups attached to an aromatic ring is 1. The normalized spacial score (nSPS) is 27.2. The molecule has 712 valence electrons. The molecule has 5 aliphatic heterocycles. The van der Waals surface area contributed by atoms with E-state index in [4.69, 9.17) is 69.2 Å². The number of aromatic nitrogens is 10. The Balaban J connectivity index is 0.535. The smallest absolute Gasteiger partial charge is 0.410 e. The van der Waals surface area contributed by atoms with Gasteiger partial charge in [-0.3, -0.25) is 28.8 Å². The van der Waals surface area contributed by atoms with E-state index in [2.05, 4.69) is 45.4 Å². The fourth-order valence-electron chi connectivity index (χ4n) is 17.7. The molecule has 4 fully saturated rings. The number of aromatic amines is 1. The number of piperazine rings is 1. The van der Waals surface area contributed by atoms with Crippen molar-refractivity contribution in [1.29, 1.82) is 0 Å². The lowest BCUT2D eigenvalue weighted by molar-refractivity contribution is -0.265. The zero-order valence-electron chi connectivity index (χ0n) is 76.5. The monoisotopic (exact) mass is 1820 g/mol. The first kappa shape index (κ1) is 99.5. The number of aliphatic hydroxyl groups excluding tert-OH is 2. The van der Waals surface area contributed by atoms with Gasteiger partial charge in [0.2, 0.25) is 23.6 Å². The summed E-state index contributed by atoms with van der Waals surface area (Å²) in [5.41, 5.74) is 19.2. The maximum absolute atomic E-state index is 14.8. The summed E-state index contributed by atoms with van der Waals surface area (Å²) >= 11 is 0. The highest BCUT2D eigenvalue weighted by Crippen LogP contribution is 2.39. The highest BCUT2D eigenvalue weighted by Gasteiger charge is 2.53. The Morgan fingerprint density at radius 2 is 1.46 bits per heavy atom. The van der Waals surface area contributed by atoms with E-state index in [0.29, 0.717) is 183 Å². The van der Waals surface area contributed by atoms with Gasteiger partial charge in [0.25, 0.3) is 17.6 Å². The second kappa shape index (κ2) is 48.2. The van der Waals surface area contributed by atoms with E-state index in [9.17, 15) is 53.7 Å². The molecule has 6 aromatic rings. The fourth-order valence-corrected chi connectivity index (χ4v) is 17.7. The molecule has 38 nitrogen and oxygen atoms in total. The molecule has 0 unspecified atom stereocenters. The molecule has 15 atom stereocenters. The Kier molecular flexibility index (Phi) is 36.6. The Morgan fingerprint density at radius 3 is 2.20 bits per heavy atom. The molecule has 10 N–H and O–H groups in total. The van der Waals surface area contributed by atoms with E-state index in [-0.39, 0.29) is 87.8 Å². The molecule has 0 spiro atoms. The molecule has 0 aromatic carbocycles.